The van der Waals surface area contributed by atoms with Gasteiger partial charge in [-0.25, -0.2) is 0 Å². The summed E-state index contributed by atoms with van der Waals surface area (Å²) < 4.78 is 36.4. The first kappa shape index (κ1) is 22.1. The van der Waals surface area contributed by atoms with Crippen LogP contribution in [0.1, 0.15) is 4.88 Å². The van der Waals surface area contributed by atoms with E-state index in [-0.39, 0.29) is 22.9 Å². The second-order valence-corrected chi connectivity index (χ2v) is 7.50. The summed E-state index contributed by atoms with van der Waals surface area (Å²) in [6.45, 7) is -3.05. The number of nitrogens with zero attached hydrogens (tertiary/aromatic N) is 4. The zero-order chi connectivity index (χ0) is 23.2. The maximum absolute atomic E-state index is 13.3. The third-order valence-electron chi connectivity index (χ3n) is 4.42. The smallest absolute Gasteiger partial charge is 0.387 e. The number of halogens is 2. The lowest BCUT2D eigenvalue weighted by atomic mass is 10.2. The van der Waals surface area contributed by atoms with Crippen LogP contribution in [0.5, 0.6) is 11.5 Å². The molecule has 0 bridgehead atoms. The number of amides is 1. The van der Waals surface area contributed by atoms with Crippen LogP contribution in [0.15, 0.2) is 66.0 Å². The van der Waals surface area contributed by atoms with Crippen molar-refractivity contribution in [2.75, 3.05) is 12.4 Å². The molecule has 0 atom stereocenters. The van der Waals surface area contributed by atoms with Crippen molar-refractivity contribution in [3.63, 3.8) is 0 Å². The second kappa shape index (κ2) is 10.0. The van der Waals surface area contributed by atoms with Gasteiger partial charge in [0.2, 0.25) is 0 Å². The number of benzene rings is 2. The number of ether oxygens (including phenoxy) is 2. The van der Waals surface area contributed by atoms with Crippen molar-refractivity contribution in [1.29, 1.82) is 0 Å². The number of hydrogen-bond acceptors (Lipinski definition) is 7. The Hall–Kier alpha value is -4.12. The van der Waals surface area contributed by atoms with Crippen LogP contribution in [-0.4, -0.2) is 39.8 Å². The third kappa shape index (κ3) is 5.21. The van der Waals surface area contributed by atoms with Crippen LogP contribution in [0.25, 0.3) is 23.2 Å². The first-order valence-corrected chi connectivity index (χ1v) is 10.5. The van der Waals surface area contributed by atoms with Crippen molar-refractivity contribution in [2.24, 2.45) is 0 Å². The molecule has 2 heterocycles. The quantitative estimate of drug-likeness (QED) is 0.378. The molecule has 33 heavy (non-hydrogen) atoms. The summed E-state index contributed by atoms with van der Waals surface area (Å²) in [6, 6.07) is 17.0. The van der Waals surface area contributed by atoms with Gasteiger partial charge in [0.25, 0.3) is 5.91 Å². The lowest BCUT2D eigenvalue weighted by Crippen LogP contribution is -2.19. The Bertz CT molecular complexity index is 1260. The van der Waals surface area contributed by atoms with Gasteiger partial charge in [-0.2, -0.15) is 13.5 Å². The predicted octanol–water partition coefficient (Wildman–Crippen LogP) is 4.65. The van der Waals surface area contributed by atoms with E-state index in [0.29, 0.717) is 11.4 Å². The molecule has 1 N–H and O–H groups in total. The van der Waals surface area contributed by atoms with Gasteiger partial charge in [-0.05, 0) is 40.1 Å². The summed E-state index contributed by atoms with van der Waals surface area (Å²) in [5.74, 6) is -0.290. The van der Waals surface area contributed by atoms with E-state index < -0.39 is 12.5 Å². The molecule has 0 aliphatic heterocycles. The molecule has 0 aliphatic carbocycles. The molecule has 8 nitrogen and oxygen atoms in total. The highest BCUT2D eigenvalue weighted by atomic mass is 32.1. The molecule has 0 saturated heterocycles. The van der Waals surface area contributed by atoms with Crippen molar-refractivity contribution in [1.82, 2.24) is 20.2 Å². The van der Waals surface area contributed by atoms with E-state index in [2.05, 4.69) is 25.6 Å². The Balaban J connectivity index is 1.71. The zero-order valence-electron chi connectivity index (χ0n) is 17.2. The van der Waals surface area contributed by atoms with E-state index in [4.69, 9.17) is 4.74 Å². The van der Waals surface area contributed by atoms with Gasteiger partial charge in [-0.1, -0.05) is 36.4 Å². The fourth-order valence-electron chi connectivity index (χ4n) is 2.99. The summed E-state index contributed by atoms with van der Waals surface area (Å²) in [5, 5.41) is 16.4. The van der Waals surface area contributed by atoms with Crippen molar-refractivity contribution in [3.05, 3.63) is 70.9 Å². The number of methoxy groups -OCH3 is 1. The Kier molecular flexibility index (Phi) is 6.69. The van der Waals surface area contributed by atoms with Crippen molar-refractivity contribution in [2.45, 2.75) is 6.61 Å². The zero-order valence-corrected chi connectivity index (χ0v) is 18.0. The fourth-order valence-corrected chi connectivity index (χ4v) is 3.64. The van der Waals surface area contributed by atoms with Crippen LogP contribution in [0, 0.1) is 0 Å². The van der Waals surface area contributed by atoms with E-state index >= 15 is 0 Å². The van der Waals surface area contributed by atoms with Gasteiger partial charge in [0.15, 0.2) is 17.3 Å². The molecular weight excluding hydrogens is 452 g/mol. The van der Waals surface area contributed by atoms with Gasteiger partial charge in [-0.15, -0.1) is 16.4 Å². The highest BCUT2D eigenvalue weighted by molar-refractivity contribution is 7.10. The van der Waals surface area contributed by atoms with Gasteiger partial charge >= 0.3 is 6.61 Å². The normalized spacial score (nSPS) is 11.5. The molecule has 0 spiro atoms. The Labute approximate surface area is 191 Å². The van der Waals surface area contributed by atoms with Crippen LogP contribution in [0.4, 0.5) is 14.5 Å². The van der Waals surface area contributed by atoms with E-state index in [9.17, 15) is 13.6 Å². The van der Waals surface area contributed by atoms with E-state index in [1.807, 2.05) is 47.8 Å². The number of rotatable bonds is 8. The molecular formula is C22H17F2N5O3S. The average molecular weight is 469 g/mol. The molecule has 0 fully saturated rings. The van der Waals surface area contributed by atoms with Gasteiger partial charge < -0.3 is 14.8 Å². The molecule has 11 heteroatoms. The molecule has 2 aromatic carbocycles. The summed E-state index contributed by atoms with van der Waals surface area (Å²) in [6.07, 6.45) is 1.64. The predicted molar refractivity (Wildman–Crippen MR) is 120 cm³/mol. The van der Waals surface area contributed by atoms with Crippen LogP contribution < -0.4 is 14.8 Å². The van der Waals surface area contributed by atoms with E-state index in [1.54, 1.807) is 6.08 Å². The Morgan fingerprint density at radius 2 is 1.94 bits per heavy atom. The summed E-state index contributed by atoms with van der Waals surface area (Å²) in [7, 11) is 1.33. The lowest BCUT2D eigenvalue weighted by Gasteiger charge is -2.13. The van der Waals surface area contributed by atoms with Gasteiger partial charge in [0, 0.05) is 22.2 Å². The number of carbonyl (C=O) groups excluding carboxylic acids is 1. The first-order valence-electron chi connectivity index (χ1n) is 9.58. The number of carbonyl (C=O) groups is 1. The monoisotopic (exact) mass is 469 g/mol. The van der Waals surface area contributed by atoms with Crippen molar-refractivity contribution >= 4 is 34.7 Å². The van der Waals surface area contributed by atoms with Crippen LogP contribution in [0.2, 0.25) is 0 Å². The topological polar surface area (TPSA) is 91.2 Å². The highest BCUT2D eigenvalue weighted by Gasteiger charge is 2.20. The summed E-state index contributed by atoms with van der Waals surface area (Å²) >= 11 is 1.43. The van der Waals surface area contributed by atoms with E-state index in [1.165, 1.54) is 41.3 Å². The van der Waals surface area contributed by atoms with Gasteiger partial charge in [0.05, 0.1) is 7.11 Å². The SMILES string of the molecule is COc1ccc(NC(=O)/C(=C/c2cccs2)n2nnnc2-c2ccccc2)cc1OC(F)F. The number of nitrogens with one attached hydrogen (secondary N) is 1. The molecule has 4 rings (SSSR count). The number of thiophene rings is 1. The molecule has 4 aromatic rings. The summed E-state index contributed by atoms with van der Waals surface area (Å²) in [4.78, 5) is 14.1. The minimum atomic E-state index is -3.05. The fraction of sp³-hybridized carbons (Fsp3) is 0.0909. The van der Waals surface area contributed by atoms with Gasteiger partial charge in [0.1, 0.15) is 5.70 Å². The van der Waals surface area contributed by atoms with Crippen molar-refractivity contribution in [3.8, 4) is 22.9 Å². The maximum atomic E-state index is 13.3. The highest BCUT2D eigenvalue weighted by Crippen LogP contribution is 2.32. The molecule has 0 radical (unpaired) electrons. The van der Waals surface area contributed by atoms with Crippen LogP contribution >= 0.6 is 11.3 Å². The third-order valence-corrected chi connectivity index (χ3v) is 5.24. The van der Waals surface area contributed by atoms with Crippen LogP contribution in [-0.2, 0) is 4.79 Å². The number of anilines is 1. The number of tetrazole rings is 1. The first-order chi connectivity index (χ1) is 16.0. The number of alkyl halides is 2. The molecule has 1 amide bonds. The minimum Gasteiger partial charge on any atom is -0.493 e. The van der Waals surface area contributed by atoms with E-state index in [0.717, 1.165) is 4.88 Å². The Morgan fingerprint density at radius 1 is 1.12 bits per heavy atom. The maximum Gasteiger partial charge on any atom is 0.387 e. The van der Waals surface area contributed by atoms with Crippen LogP contribution in [0.3, 0.4) is 0 Å². The number of aromatic nitrogens is 4. The van der Waals surface area contributed by atoms with Gasteiger partial charge in [-0.3, -0.25) is 4.79 Å². The largest absolute Gasteiger partial charge is 0.493 e. The summed E-state index contributed by atoms with van der Waals surface area (Å²) in [5.41, 5.74) is 1.07. The average Bonchev–Trinajstić information content (AvgIpc) is 3.50. The lowest BCUT2D eigenvalue weighted by molar-refractivity contribution is -0.111. The molecule has 0 unspecified atom stereocenters. The standard InChI is InChI=1S/C22H17F2N5O3S/c1-31-18-10-9-15(12-19(18)32-22(23)24)25-21(30)17(13-16-8-5-11-33-16)29-20(26-27-28-29)14-6-3-2-4-7-14/h2-13,22H,1H3,(H,25,30)/b17-13-. The molecule has 0 saturated carbocycles. The number of hydrogen-bond donors (Lipinski definition) is 1. The minimum absolute atomic E-state index is 0.106. The second-order valence-electron chi connectivity index (χ2n) is 6.52. The molecule has 2 aromatic heterocycles. The van der Waals surface area contributed by atoms with Crippen molar-refractivity contribution < 1.29 is 23.0 Å². The molecule has 0 aliphatic rings. The molecule has 168 valence electrons. The Morgan fingerprint density at radius 3 is 2.64 bits per heavy atom.